The Kier molecular flexibility index (Phi) is 3.43. The number of benzene rings is 1. The fourth-order valence-electron chi connectivity index (χ4n) is 3.09. The molecule has 1 aromatic carbocycles. The second-order valence-electron chi connectivity index (χ2n) is 6.21. The highest BCUT2D eigenvalue weighted by atomic mass is 16.2. The van der Waals surface area contributed by atoms with E-state index in [1.165, 1.54) is 5.56 Å². The van der Waals surface area contributed by atoms with E-state index in [4.69, 9.17) is 0 Å². The van der Waals surface area contributed by atoms with Crippen molar-refractivity contribution in [1.82, 2.24) is 5.32 Å². The quantitative estimate of drug-likeness (QED) is 0.852. The zero-order valence-corrected chi connectivity index (χ0v) is 13.2. The Morgan fingerprint density at radius 3 is 2.64 bits per heavy atom. The summed E-state index contributed by atoms with van der Waals surface area (Å²) in [5, 5.41) is 2.42. The van der Waals surface area contributed by atoms with Crippen LogP contribution in [0.1, 0.15) is 38.2 Å². The van der Waals surface area contributed by atoms with Crippen LogP contribution in [0.2, 0.25) is 0 Å². The Bertz CT molecular complexity index is 666. The van der Waals surface area contributed by atoms with Gasteiger partial charge >= 0.3 is 0 Å². The number of hydrogen-bond acceptors (Lipinski definition) is 4. The van der Waals surface area contributed by atoms with Gasteiger partial charge in [-0.2, -0.15) is 0 Å². The van der Waals surface area contributed by atoms with Gasteiger partial charge in [0, 0.05) is 13.5 Å². The van der Waals surface area contributed by atoms with E-state index in [-0.39, 0.29) is 17.9 Å². The van der Waals surface area contributed by atoms with Gasteiger partial charge in [-0.05, 0) is 30.0 Å². The minimum atomic E-state index is -0.376. The second kappa shape index (κ2) is 5.16. The van der Waals surface area contributed by atoms with Crippen molar-refractivity contribution in [2.24, 2.45) is 0 Å². The summed E-state index contributed by atoms with van der Waals surface area (Å²) in [4.78, 5) is 27.5. The summed E-state index contributed by atoms with van der Waals surface area (Å²) in [6.07, 6.45) is 0.881. The number of carbonyl (C=O) groups is 2. The van der Waals surface area contributed by atoms with Crippen LogP contribution in [0.5, 0.6) is 0 Å². The Balaban J connectivity index is 2.00. The lowest BCUT2D eigenvalue weighted by molar-refractivity contribution is -0.134. The molecule has 0 aliphatic carbocycles. The number of amides is 2. The molecule has 2 aliphatic rings. The third-order valence-corrected chi connectivity index (χ3v) is 4.47. The number of hydrogen-bond donors (Lipinski definition) is 1. The van der Waals surface area contributed by atoms with Crippen molar-refractivity contribution in [3.63, 3.8) is 0 Å². The van der Waals surface area contributed by atoms with Crippen LogP contribution in [-0.4, -0.2) is 24.9 Å². The second-order valence-corrected chi connectivity index (χ2v) is 6.21. The molecule has 1 unspecified atom stereocenters. The van der Waals surface area contributed by atoms with Crippen molar-refractivity contribution in [3.05, 3.63) is 36.2 Å². The van der Waals surface area contributed by atoms with Crippen LogP contribution >= 0.6 is 0 Å². The molecule has 1 atom stereocenters. The van der Waals surface area contributed by atoms with Gasteiger partial charge < -0.3 is 9.80 Å². The lowest BCUT2D eigenvalue weighted by Crippen LogP contribution is -2.52. The average molecular weight is 299 g/mol. The van der Waals surface area contributed by atoms with E-state index in [1.54, 1.807) is 0 Å². The van der Waals surface area contributed by atoms with Crippen molar-refractivity contribution < 1.29 is 9.59 Å². The third-order valence-electron chi connectivity index (χ3n) is 4.47. The average Bonchev–Trinajstić information content (AvgIpc) is 2.71. The number of piperidine rings is 1. The van der Waals surface area contributed by atoms with E-state index in [1.807, 2.05) is 22.9 Å². The van der Waals surface area contributed by atoms with E-state index >= 15 is 0 Å². The fraction of sp³-hybridized carbons (Fsp3) is 0.412. The van der Waals surface area contributed by atoms with Gasteiger partial charge in [0.05, 0.1) is 11.4 Å². The highest BCUT2D eigenvalue weighted by Crippen LogP contribution is 2.43. The predicted molar refractivity (Wildman–Crippen MR) is 86.7 cm³/mol. The van der Waals surface area contributed by atoms with Crippen LogP contribution in [0, 0.1) is 0 Å². The molecule has 5 heteroatoms. The molecule has 2 heterocycles. The van der Waals surface area contributed by atoms with Crippen molar-refractivity contribution in [3.8, 4) is 0 Å². The number of anilines is 2. The van der Waals surface area contributed by atoms with Crippen LogP contribution in [0.15, 0.2) is 30.6 Å². The molecule has 1 fully saturated rings. The monoisotopic (exact) mass is 299 g/mol. The first kappa shape index (κ1) is 14.6. The normalized spacial score (nSPS) is 21.5. The van der Waals surface area contributed by atoms with Crippen LogP contribution in [0.4, 0.5) is 11.4 Å². The molecule has 0 spiro atoms. The highest BCUT2D eigenvalue weighted by Gasteiger charge is 2.39. The Hall–Kier alpha value is -2.30. The molecule has 1 saturated heterocycles. The number of nitrogens with one attached hydrogen (secondary N) is 1. The highest BCUT2D eigenvalue weighted by molar-refractivity contribution is 6.03. The molecule has 0 bridgehead atoms. The van der Waals surface area contributed by atoms with Crippen LogP contribution < -0.4 is 15.1 Å². The van der Waals surface area contributed by atoms with Crippen molar-refractivity contribution in [2.45, 2.75) is 38.6 Å². The van der Waals surface area contributed by atoms with Gasteiger partial charge in [0.15, 0.2) is 0 Å². The fourth-order valence-corrected chi connectivity index (χ4v) is 3.09. The molecule has 1 aromatic rings. The van der Waals surface area contributed by atoms with Gasteiger partial charge in [-0.15, -0.1) is 0 Å². The van der Waals surface area contributed by atoms with Crippen molar-refractivity contribution in [2.75, 3.05) is 16.8 Å². The van der Waals surface area contributed by atoms with Crippen molar-refractivity contribution >= 4 is 23.2 Å². The van der Waals surface area contributed by atoms with Crippen LogP contribution in [-0.2, 0) is 9.59 Å². The summed E-state index contributed by atoms with van der Waals surface area (Å²) in [6.45, 7) is 8.43. The minimum absolute atomic E-state index is 0.199. The first-order chi connectivity index (χ1) is 10.4. The number of fused-ring (bicyclic) bond motifs is 1. The number of carbonyl (C=O) groups excluding carboxylic acids is 2. The SMILES string of the molecule is C=C1N(C)c2cc(C(C)C)ccc2N1C1CCC(=O)NC1=O. The van der Waals surface area contributed by atoms with Gasteiger partial charge in [0.2, 0.25) is 11.8 Å². The molecule has 1 N–H and O–H groups in total. The Morgan fingerprint density at radius 1 is 1.27 bits per heavy atom. The summed E-state index contributed by atoms with van der Waals surface area (Å²) in [6, 6.07) is 5.91. The smallest absolute Gasteiger partial charge is 0.249 e. The molecule has 2 amide bonds. The first-order valence-corrected chi connectivity index (χ1v) is 7.59. The van der Waals surface area contributed by atoms with Gasteiger partial charge in [0.1, 0.15) is 11.9 Å². The maximum atomic E-state index is 12.2. The molecule has 2 aliphatic heterocycles. The van der Waals surface area contributed by atoms with Gasteiger partial charge in [0.25, 0.3) is 0 Å². The molecule has 0 radical (unpaired) electrons. The van der Waals surface area contributed by atoms with Crippen molar-refractivity contribution in [1.29, 1.82) is 0 Å². The van der Waals surface area contributed by atoms with E-state index in [0.29, 0.717) is 18.8 Å². The lowest BCUT2D eigenvalue weighted by atomic mass is 10.0. The molecule has 116 valence electrons. The van der Waals surface area contributed by atoms with Crippen LogP contribution in [0.3, 0.4) is 0 Å². The molecule has 0 saturated carbocycles. The molecule has 3 rings (SSSR count). The standard InChI is InChI=1S/C17H21N3O2/c1-10(2)12-5-6-13-15(9-12)19(4)11(3)20(13)14-7-8-16(21)18-17(14)22/h5-6,9-10,14H,3,7-8H2,1-2,4H3,(H,18,21,22). The zero-order valence-electron chi connectivity index (χ0n) is 13.2. The molecule has 5 nitrogen and oxygen atoms in total. The number of imide groups is 1. The molecular weight excluding hydrogens is 278 g/mol. The topological polar surface area (TPSA) is 52.6 Å². The van der Waals surface area contributed by atoms with Gasteiger partial charge in [-0.1, -0.05) is 26.5 Å². The summed E-state index contributed by atoms with van der Waals surface area (Å²) < 4.78 is 0. The van der Waals surface area contributed by atoms with E-state index in [0.717, 1.165) is 17.2 Å². The van der Waals surface area contributed by atoms with Gasteiger partial charge in [-0.3, -0.25) is 14.9 Å². The summed E-state index contributed by atoms with van der Waals surface area (Å²) in [5.41, 5.74) is 3.29. The van der Waals surface area contributed by atoms with Crippen LogP contribution in [0.25, 0.3) is 0 Å². The van der Waals surface area contributed by atoms with E-state index in [9.17, 15) is 9.59 Å². The number of rotatable bonds is 2. The van der Waals surface area contributed by atoms with E-state index in [2.05, 4.69) is 37.9 Å². The lowest BCUT2D eigenvalue weighted by Gasteiger charge is -2.32. The zero-order chi connectivity index (χ0) is 16.0. The largest absolute Gasteiger partial charge is 0.330 e. The predicted octanol–water partition coefficient (Wildman–Crippen LogP) is 2.34. The minimum Gasteiger partial charge on any atom is -0.330 e. The van der Waals surface area contributed by atoms with Gasteiger partial charge in [-0.25, -0.2) is 0 Å². The summed E-state index contributed by atoms with van der Waals surface area (Å²) in [5.74, 6) is 0.767. The number of nitrogens with zero attached hydrogens (tertiary/aromatic N) is 2. The first-order valence-electron chi connectivity index (χ1n) is 7.59. The molecule has 0 aromatic heterocycles. The third kappa shape index (κ3) is 2.17. The maximum Gasteiger partial charge on any atom is 0.249 e. The molecular formula is C17H21N3O2. The Labute approximate surface area is 130 Å². The van der Waals surface area contributed by atoms with E-state index < -0.39 is 0 Å². The maximum absolute atomic E-state index is 12.2. The molecule has 22 heavy (non-hydrogen) atoms. The summed E-state index contributed by atoms with van der Waals surface area (Å²) in [7, 11) is 1.96. The summed E-state index contributed by atoms with van der Waals surface area (Å²) >= 11 is 0. The Morgan fingerprint density at radius 2 is 2.00 bits per heavy atom.